The SMILES string of the molecule is C=C1NNCCCCCc2ccccc2C1(CC1=CCNC=C1)Cc1ccncc1. The quantitative estimate of drug-likeness (QED) is 0.715. The average Bonchev–Trinajstić information content (AvgIpc) is 2.81. The van der Waals surface area contributed by atoms with Gasteiger partial charge >= 0.3 is 0 Å². The first-order valence-corrected chi connectivity index (χ1v) is 11.0. The normalized spacial score (nSPS) is 22.1. The van der Waals surface area contributed by atoms with Crippen LogP contribution in [0.4, 0.5) is 0 Å². The van der Waals surface area contributed by atoms with Crippen LogP contribution in [0.3, 0.4) is 0 Å². The van der Waals surface area contributed by atoms with E-state index in [-0.39, 0.29) is 5.41 Å². The smallest absolute Gasteiger partial charge is 0.0440 e. The summed E-state index contributed by atoms with van der Waals surface area (Å²) in [5, 5.41) is 3.28. The molecule has 2 aromatic rings. The van der Waals surface area contributed by atoms with E-state index in [0.29, 0.717) is 0 Å². The minimum Gasteiger partial charge on any atom is -0.387 e. The van der Waals surface area contributed by atoms with Crippen molar-refractivity contribution in [1.82, 2.24) is 21.2 Å². The Bertz CT molecular complexity index is 916. The van der Waals surface area contributed by atoms with Crippen LogP contribution < -0.4 is 16.2 Å². The topological polar surface area (TPSA) is 49.0 Å². The molecule has 1 unspecified atom stereocenters. The number of hydrogen-bond donors (Lipinski definition) is 3. The number of pyridine rings is 1. The lowest BCUT2D eigenvalue weighted by molar-refractivity contribution is 0.429. The number of nitrogens with zero attached hydrogens (tertiary/aromatic N) is 1. The number of aromatic nitrogens is 1. The first-order valence-electron chi connectivity index (χ1n) is 11.0. The minimum absolute atomic E-state index is 0.261. The summed E-state index contributed by atoms with van der Waals surface area (Å²) in [6, 6.07) is 13.2. The predicted octanol–water partition coefficient (Wildman–Crippen LogP) is 4.33. The maximum absolute atomic E-state index is 4.58. The molecule has 30 heavy (non-hydrogen) atoms. The summed E-state index contributed by atoms with van der Waals surface area (Å²) in [6.07, 6.45) is 16.8. The van der Waals surface area contributed by atoms with Crippen LogP contribution in [0.25, 0.3) is 0 Å². The molecular weight excluding hydrogens is 368 g/mol. The van der Waals surface area contributed by atoms with Gasteiger partial charge < -0.3 is 10.7 Å². The maximum Gasteiger partial charge on any atom is 0.0440 e. The summed E-state index contributed by atoms with van der Waals surface area (Å²) in [5.74, 6) is 0. The highest BCUT2D eigenvalue weighted by atomic mass is 15.4. The number of dihydropyridines is 1. The lowest BCUT2D eigenvalue weighted by atomic mass is 9.67. The molecule has 0 radical (unpaired) electrons. The fourth-order valence-electron chi connectivity index (χ4n) is 4.65. The first kappa shape index (κ1) is 20.4. The zero-order valence-electron chi connectivity index (χ0n) is 17.7. The fraction of sp³-hybridized carbons (Fsp3) is 0.346. The molecule has 2 aliphatic heterocycles. The number of hydrazine groups is 1. The van der Waals surface area contributed by atoms with E-state index in [2.05, 4.69) is 82.5 Å². The molecule has 0 saturated carbocycles. The molecule has 0 aliphatic carbocycles. The monoisotopic (exact) mass is 400 g/mol. The summed E-state index contributed by atoms with van der Waals surface area (Å²) >= 11 is 0. The highest BCUT2D eigenvalue weighted by Crippen LogP contribution is 2.42. The Morgan fingerprint density at radius 3 is 2.70 bits per heavy atom. The molecule has 1 atom stereocenters. The molecule has 1 aromatic carbocycles. The van der Waals surface area contributed by atoms with E-state index in [4.69, 9.17) is 0 Å². The van der Waals surface area contributed by atoms with E-state index >= 15 is 0 Å². The molecular formula is C26H32N4. The number of aryl methyl sites for hydroxylation is 1. The van der Waals surface area contributed by atoms with Gasteiger partial charge in [-0.2, -0.15) is 0 Å². The van der Waals surface area contributed by atoms with Crippen molar-refractivity contribution in [1.29, 1.82) is 0 Å². The maximum atomic E-state index is 4.58. The van der Waals surface area contributed by atoms with Crippen LogP contribution in [0.15, 0.2) is 85.0 Å². The highest BCUT2D eigenvalue weighted by Gasteiger charge is 2.38. The third-order valence-corrected chi connectivity index (χ3v) is 6.26. The summed E-state index contributed by atoms with van der Waals surface area (Å²) in [5.41, 5.74) is 13.1. The van der Waals surface area contributed by atoms with Crippen LogP contribution in [0.1, 0.15) is 42.4 Å². The lowest BCUT2D eigenvalue weighted by Crippen LogP contribution is -2.44. The summed E-state index contributed by atoms with van der Waals surface area (Å²) in [4.78, 5) is 4.23. The van der Waals surface area contributed by atoms with E-state index in [0.717, 1.165) is 38.0 Å². The van der Waals surface area contributed by atoms with Crippen LogP contribution in [0.5, 0.6) is 0 Å². The number of hydrogen-bond acceptors (Lipinski definition) is 4. The molecule has 3 heterocycles. The van der Waals surface area contributed by atoms with Crippen molar-refractivity contribution in [3.05, 3.63) is 102 Å². The van der Waals surface area contributed by atoms with Gasteiger partial charge in [-0.3, -0.25) is 4.98 Å². The van der Waals surface area contributed by atoms with E-state index in [1.807, 2.05) is 12.4 Å². The third kappa shape index (κ3) is 4.65. The van der Waals surface area contributed by atoms with Gasteiger partial charge in [0, 0.05) is 36.6 Å². The first-order chi connectivity index (χ1) is 14.8. The van der Waals surface area contributed by atoms with Gasteiger partial charge in [0.25, 0.3) is 0 Å². The molecule has 156 valence electrons. The predicted molar refractivity (Wildman–Crippen MR) is 124 cm³/mol. The van der Waals surface area contributed by atoms with Gasteiger partial charge in [-0.05, 0) is 78.8 Å². The van der Waals surface area contributed by atoms with Crippen LogP contribution in [0, 0.1) is 0 Å². The molecule has 0 saturated heterocycles. The minimum atomic E-state index is -0.261. The Labute approximate surface area is 180 Å². The molecule has 0 spiro atoms. The van der Waals surface area contributed by atoms with Gasteiger partial charge in [-0.15, -0.1) is 0 Å². The molecule has 1 aromatic heterocycles. The molecule has 2 aliphatic rings. The Kier molecular flexibility index (Phi) is 6.65. The summed E-state index contributed by atoms with van der Waals surface area (Å²) in [7, 11) is 0. The number of benzene rings is 1. The van der Waals surface area contributed by atoms with Crippen LogP contribution >= 0.6 is 0 Å². The molecule has 0 fully saturated rings. The molecule has 0 bridgehead atoms. The van der Waals surface area contributed by atoms with Crippen molar-refractivity contribution in [2.24, 2.45) is 0 Å². The average molecular weight is 401 g/mol. The largest absolute Gasteiger partial charge is 0.387 e. The van der Waals surface area contributed by atoms with Gasteiger partial charge in [-0.25, -0.2) is 5.43 Å². The second-order valence-electron chi connectivity index (χ2n) is 8.31. The zero-order valence-corrected chi connectivity index (χ0v) is 17.7. The Morgan fingerprint density at radius 1 is 1.00 bits per heavy atom. The van der Waals surface area contributed by atoms with Gasteiger partial charge in [-0.1, -0.05) is 43.3 Å². The van der Waals surface area contributed by atoms with Crippen molar-refractivity contribution >= 4 is 0 Å². The number of nitrogens with one attached hydrogen (secondary N) is 3. The van der Waals surface area contributed by atoms with Crippen molar-refractivity contribution < 1.29 is 0 Å². The molecule has 4 nitrogen and oxygen atoms in total. The molecule has 0 amide bonds. The fourth-order valence-corrected chi connectivity index (χ4v) is 4.65. The molecule has 3 N–H and O–H groups in total. The second-order valence-corrected chi connectivity index (χ2v) is 8.31. The van der Waals surface area contributed by atoms with Gasteiger partial charge in [0.1, 0.15) is 0 Å². The summed E-state index contributed by atoms with van der Waals surface area (Å²) in [6.45, 7) is 6.40. The van der Waals surface area contributed by atoms with Gasteiger partial charge in [0.15, 0.2) is 0 Å². The van der Waals surface area contributed by atoms with Gasteiger partial charge in [0.2, 0.25) is 0 Å². The van der Waals surface area contributed by atoms with E-state index in [9.17, 15) is 0 Å². The van der Waals surface area contributed by atoms with Crippen LogP contribution in [-0.4, -0.2) is 18.1 Å². The van der Waals surface area contributed by atoms with Crippen molar-refractivity contribution in [3.8, 4) is 0 Å². The van der Waals surface area contributed by atoms with Crippen molar-refractivity contribution in [3.63, 3.8) is 0 Å². The standard InChI is InChI=1S/C26H32N4/c1-21-26(19-22-10-15-27-16-11-22,20-23-12-17-28-18-13-23)25-9-5-4-8-24(25)7-3-2-6-14-29-30-21/h4-5,8-13,15-17,28-30H,1-3,6-7,14,18-20H2. The summed E-state index contributed by atoms with van der Waals surface area (Å²) < 4.78 is 0. The van der Waals surface area contributed by atoms with Gasteiger partial charge in [0.05, 0.1) is 0 Å². The third-order valence-electron chi connectivity index (χ3n) is 6.26. The Morgan fingerprint density at radius 2 is 1.87 bits per heavy atom. The van der Waals surface area contributed by atoms with Crippen molar-refractivity contribution in [2.45, 2.75) is 43.9 Å². The molecule has 4 rings (SSSR count). The van der Waals surface area contributed by atoms with E-state index in [1.54, 1.807) is 0 Å². The number of allylic oxidation sites excluding steroid dienone is 3. The van der Waals surface area contributed by atoms with E-state index < -0.39 is 0 Å². The van der Waals surface area contributed by atoms with Crippen molar-refractivity contribution in [2.75, 3.05) is 13.1 Å². The van der Waals surface area contributed by atoms with Crippen LogP contribution in [0.2, 0.25) is 0 Å². The Hall–Kier alpha value is -2.85. The van der Waals surface area contributed by atoms with E-state index in [1.165, 1.54) is 41.5 Å². The van der Waals surface area contributed by atoms with Crippen LogP contribution in [-0.2, 0) is 18.3 Å². The molecule has 4 heteroatoms. The second kappa shape index (κ2) is 9.77. The Balaban J connectivity index is 1.85. The zero-order chi connectivity index (χ0) is 20.7. The highest BCUT2D eigenvalue weighted by molar-refractivity contribution is 5.46. The lowest BCUT2D eigenvalue weighted by Gasteiger charge is -2.39. The number of rotatable bonds is 4. The number of fused-ring (bicyclic) bond motifs is 1.